The minimum absolute atomic E-state index is 0. The van der Waals surface area contributed by atoms with Crippen molar-refractivity contribution in [2.45, 2.75) is 0 Å². The molecule has 0 aromatic heterocycles. The first-order valence-electron chi connectivity index (χ1n) is 0.894. The van der Waals surface area contributed by atoms with E-state index >= 15 is 0 Å². The molecule has 0 radical (unpaired) electrons. The van der Waals surface area contributed by atoms with Gasteiger partial charge >= 0.3 is 32.1 Å². The fraction of sp³-hybridized carbons (Fsp3) is 0. The van der Waals surface area contributed by atoms with Crippen molar-refractivity contribution in [1.82, 2.24) is 0 Å². The Hall–Kier alpha value is 0.743. The maximum absolute atomic E-state index is 7.33. The molecule has 0 aliphatic carbocycles. The summed E-state index contributed by atoms with van der Waals surface area (Å²) in [5.41, 5.74) is 0. The predicted molar refractivity (Wildman–Crippen MR) is 24.3 cm³/mol. The van der Waals surface area contributed by atoms with Crippen molar-refractivity contribution in [3.63, 3.8) is 0 Å². The summed E-state index contributed by atoms with van der Waals surface area (Å²) in [7, 11) is -4.61. The summed E-state index contributed by atoms with van der Waals surface area (Å²) < 4.78 is 0. The van der Waals surface area contributed by atoms with Gasteiger partial charge in [-0.3, -0.25) is 0 Å². The summed E-state index contributed by atoms with van der Waals surface area (Å²) >= 11 is 0. The summed E-state index contributed by atoms with van der Waals surface area (Å²) in [5, 5.41) is 0. The van der Waals surface area contributed by atoms with E-state index in [-0.39, 0.29) is 34.0 Å². The molecule has 0 rings (SSSR count). The Bertz CT molecular complexity index is 24.0. The molecule has 0 aliphatic rings. The Balaban J connectivity index is -0.0000000267. The molecule has 0 aromatic rings. The smallest absolute Gasteiger partial charge is 0.870 e. The molecular formula is H6MgO6Si. The van der Waals surface area contributed by atoms with Gasteiger partial charge < -0.3 is 30.1 Å². The van der Waals surface area contributed by atoms with Gasteiger partial charge in [0.05, 0.1) is 0 Å². The zero-order chi connectivity index (χ0) is 4.50. The molecule has 0 unspecified atom stereocenters. The van der Waals surface area contributed by atoms with Crippen LogP contribution in [0.4, 0.5) is 0 Å². The third-order valence-electron chi connectivity index (χ3n) is 0. The third-order valence-corrected chi connectivity index (χ3v) is 0. The average Bonchev–Trinajstić information content (AvgIpc) is 0.722. The fourth-order valence-corrected chi connectivity index (χ4v) is 0. The zero-order valence-electron chi connectivity index (χ0n) is 3.89. The molecule has 6 nitrogen and oxygen atoms in total. The molecule has 0 saturated heterocycles. The normalized spacial score (nSPS) is 7.50. The largest absolute Gasteiger partial charge is 2.00 e. The molecule has 0 heterocycles. The Morgan fingerprint density at radius 2 is 0.750 bits per heavy atom. The standard InChI is InChI=1S/Mg.H4O4Si.2H2O/c;1-5(2,3)4;;/h;1-4H;2*1H2/q+2;;;/p-2. The topological polar surface area (TPSA) is 141 Å². The van der Waals surface area contributed by atoms with E-state index in [0.29, 0.717) is 0 Å². The van der Waals surface area contributed by atoms with Gasteiger partial charge in [0.2, 0.25) is 0 Å². The van der Waals surface area contributed by atoms with Crippen LogP contribution in [0.3, 0.4) is 0 Å². The van der Waals surface area contributed by atoms with Gasteiger partial charge in [-0.2, -0.15) is 0 Å². The molecule has 48 valence electrons. The number of hydrogen-bond donors (Lipinski definition) is 4. The van der Waals surface area contributed by atoms with Crippen LogP contribution in [0.5, 0.6) is 0 Å². The predicted octanol–water partition coefficient (Wildman–Crippen LogP) is -3.34. The van der Waals surface area contributed by atoms with E-state index in [9.17, 15) is 0 Å². The summed E-state index contributed by atoms with van der Waals surface area (Å²) in [4.78, 5) is 29.3. The Morgan fingerprint density at radius 3 is 0.750 bits per heavy atom. The van der Waals surface area contributed by atoms with Crippen molar-refractivity contribution >= 4 is 32.1 Å². The molecule has 6 N–H and O–H groups in total. The number of hydrogen-bond acceptors (Lipinski definition) is 6. The SMILES string of the molecule is O[Si](O)(O)O.[Mg+2].[OH-].[OH-]. The van der Waals surface area contributed by atoms with E-state index in [4.69, 9.17) is 19.2 Å². The summed E-state index contributed by atoms with van der Waals surface area (Å²) in [6.45, 7) is 0. The summed E-state index contributed by atoms with van der Waals surface area (Å²) in [6, 6.07) is 0. The first kappa shape index (κ1) is 23.3. The maximum atomic E-state index is 7.33. The second-order valence-corrected chi connectivity index (χ2v) is 1.80. The molecule has 0 aliphatic heterocycles. The monoisotopic (exact) mass is 154 g/mol. The molecule has 0 spiro atoms. The van der Waals surface area contributed by atoms with Crippen LogP contribution >= 0.6 is 0 Å². The molecular weight excluding hydrogens is 148 g/mol. The van der Waals surface area contributed by atoms with Crippen molar-refractivity contribution < 1.29 is 30.1 Å². The number of rotatable bonds is 0. The molecule has 0 amide bonds. The zero-order valence-corrected chi connectivity index (χ0v) is 6.30. The van der Waals surface area contributed by atoms with Gasteiger partial charge in [-0.05, 0) is 0 Å². The van der Waals surface area contributed by atoms with E-state index < -0.39 is 9.05 Å². The van der Waals surface area contributed by atoms with Gasteiger partial charge in [-0.25, -0.2) is 0 Å². The minimum atomic E-state index is -4.61. The molecule has 8 heteroatoms. The van der Waals surface area contributed by atoms with Crippen LogP contribution < -0.4 is 0 Å². The Kier molecular flexibility index (Phi) is 22.6. The maximum Gasteiger partial charge on any atom is 2.00 e. The van der Waals surface area contributed by atoms with Gasteiger partial charge in [0, 0.05) is 0 Å². The molecule has 8 heavy (non-hydrogen) atoms. The van der Waals surface area contributed by atoms with E-state index in [1.54, 1.807) is 0 Å². The van der Waals surface area contributed by atoms with Crippen LogP contribution in [-0.2, 0) is 0 Å². The first-order chi connectivity index (χ1) is 2.00. The quantitative estimate of drug-likeness (QED) is 0.269. The van der Waals surface area contributed by atoms with Crippen molar-refractivity contribution in [3.8, 4) is 0 Å². The average molecular weight is 154 g/mol. The van der Waals surface area contributed by atoms with E-state index in [1.807, 2.05) is 0 Å². The van der Waals surface area contributed by atoms with Gasteiger partial charge in [-0.1, -0.05) is 0 Å². The van der Waals surface area contributed by atoms with Crippen molar-refractivity contribution in [3.05, 3.63) is 0 Å². The van der Waals surface area contributed by atoms with E-state index in [1.165, 1.54) is 0 Å². The summed E-state index contributed by atoms with van der Waals surface area (Å²) in [5.74, 6) is 0. The van der Waals surface area contributed by atoms with Crippen molar-refractivity contribution in [2.75, 3.05) is 0 Å². The molecule has 0 saturated carbocycles. The van der Waals surface area contributed by atoms with E-state index in [2.05, 4.69) is 0 Å². The molecule has 0 fully saturated rings. The van der Waals surface area contributed by atoms with Crippen LogP contribution in [0.25, 0.3) is 0 Å². The van der Waals surface area contributed by atoms with Crippen LogP contribution in [0, 0.1) is 0 Å². The van der Waals surface area contributed by atoms with E-state index in [0.717, 1.165) is 0 Å². The van der Waals surface area contributed by atoms with Crippen LogP contribution in [0.15, 0.2) is 0 Å². The Labute approximate surface area is 62.7 Å². The van der Waals surface area contributed by atoms with Gasteiger partial charge in [-0.15, -0.1) is 0 Å². The molecule has 0 bridgehead atoms. The molecule has 0 aromatic carbocycles. The first-order valence-corrected chi connectivity index (χ1v) is 2.68. The second-order valence-electron chi connectivity index (χ2n) is 0.600. The third kappa shape index (κ3) is 403. The van der Waals surface area contributed by atoms with Crippen LogP contribution in [0.1, 0.15) is 0 Å². The van der Waals surface area contributed by atoms with Gasteiger partial charge in [0.15, 0.2) is 0 Å². The second kappa shape index (κ2) is 7.74. The Morgan fingerprint density at radius 1 is 0.750 bits per heavy atom. The van der Waals surface area contributed by atoms with Gasteiger partial charge in [0.1, 0.15) is 0 Å². The fourth-order valence-electron chi connectivity index (χ4n) is 0. The van der Waals surface area contributed by atoms with Crippen LogP contribution in [0.2, 0.25) is 0 Å². The molecule has 0 atom stereocenters. The van der Waals surface area contributed by atoms with Crippen molar-refractivity contribution in [2.24, 2.45) is 0 Å². The summed E-state index contributed by atoms with van der Waals surface area (Å²) in [6.07, 6.45) is 0. The minimum Gasteiger partial charge on any atom is -0.870 e. The van der Waals surface area contributed by atoms with Crippen molar-refractivity contribution in [1.29, 1.82) is 0 Å². The van der Waals surface area contributed by atoms with Gasteiger partial charge in [0.25, 0.3) is 0 Å². The van der Waals surface area contributed by atoms with Crippen LogP contribution in [-0.4, -0.2) is 62.2 Å².